The Morgan fingerprint density at radius 1 is 1.22 bits per heavy atom. The number of nitrogens with one attached hydrogen (secondary N) is 1. The van der Waals surface area contributed by atoms with Gasteiger partial charge in [0.25, 0.3) is 0 Å². The average Bonchev–Trinajstić information content (AvgIpc) is 2.32. The number of methoxy groups -OCH3 is 1. The molecule has 0 saturated carbocycles. The van der Waals surface area contributed by atoms with Gasteiger partial charge in [-0.25, -0.2) is 0 Å². The van der Waals surface area contributed by atoms with Crippen LogP contribution in [0.25, 0.3) is 0 Å². The number of hydrogen-bond donors (Lipinski definition) is 2. The predicted molar refractivity (Wildman–Crippen MR) is 76.0 cm³/mol. The molecule has 0 aromatic heterocycles. The molecule has 1 atom stereocenters. The lowest BCUT2D eigenvalue weighted by Crippen LogP contribution is -2.41. The van der Waals surface area contributed by atoms with Gasteiger partial charge in [0, 0.05) is 39.8 Å². The molecule has 0 aliphatic carbocycles. The summed E-state index contributed by atoms with van der Waals surface area (Å²) in [6, 6.07) is 0. The lowest BCUT2D eigenvalue weighted by atomic mass is 10.3. The van der Waals surface area contributed by atoms with Gasteiger partial charge in [0.15, 0.2) is 0 Å². The fourth-order valence-corrected chi connectivity index (χ4v) is 1.76. The second-order valence-corrected chi connectivity index (χ2v) is 4.95. The van der Waals surface area contributed by atoms with E-state index in [1.165, 1.54) is 0 Å². The van der Waals surface area contributed by atoms with E-state index >= 15 is 0 Å². The second-order valence-electron chi connectivity index (χ2n) is 4.95. The van der Waals surface area contributed by atoms with E-state index in [0.717, 1.165) is 39.1 Å². The van der Waals surface area contributed by atoms with Crippen LogP contribution >= 0.6 is 0 Å². The smallest absolute Gasteiger partial charge is 0.0791 e. The molecule has 5 heteroatoms. The summed E-state index contributed by atoms with van der Waals surface area (Å²) in [5.74, 6) is 0. The highest BCUT2D eigenvalue weighted by atomic mass is 16.5. The van der Waals surface area contributed by atoms with Gasteiger partial charge in [0.2, 0.25) is 0 Å². The van der Waals surface area contributed by atoms with E-state index in [0.29, 0.717) is 13.2 Å². The molecule has 18 heavy (non-hydrogen) atoms. The lowest BCUT2D eigenvalue weighted by Gasteiger charge is -2.26. The van der Waals surface area contributed by atoms with Crippen molar-refractivity contribution in [2.45, 2.75) is 19.4 Å². The molecule has 0 aliphatic heterocycles. The minimum Gasteiger partial charge on any atom is -0.390 e. The summed E-state index contributed by atoms with van der Waals surface area (Å²) in [6.45, 7) is 8.10. The predicted octanol–water partition coefficient (Wildman–Crippen LogP) is -0.143. The van der Waals surface area contributed by atoms with Crippen molar-refractivity contribution in [1.29, 1.82) is 0 Å². The molecule has 0 aromatic carbocycles. The van der Waals surface area contributed by atoms with Crippen LogP contribution in [-0.2, 0) is 4.74 Å². The summed E-state index contributed by atoms with van der Waals surface area (Å²) in [7, 11) is 5.84. The monoisotopic (exact) mass is 261 g/mol. The van der Waals surface area contributed by atoms with E-state index in [9.17, 15) is 5.11 Å². The second kappa shape index (κ2) is 11.9. The van der Waals surface area contributed by atoms with Crippen LogP contribution in [0, 0.1) is 0 Å². The summed E-state index contributed by atoms with van der Waals surface area (Å²) in [4.78, 5) is 4.49. The SMILES string of the molecule is CCCN(CCN(C)C)CC(O)CNCCOC. The topological polar surface area (TPSA) is 48.0 Å². The number of aliphatic hydroxyl groups excluding tert-OH is 1. The summed E-state index contributed by atoms with van der Waals surface area (Å²) in [5.41, 5.74) is 0. The quantitative estimate of drug-likeness (QED) is 0.479. The van der Waals surface area contributed by atoms with Gasteiger partial charge in [-0.1, -0.05) is 6.92 Å². The normalized spacial score (nSPS) is 13.5. The van der Waals surface area contributed by atoms with E-state index in [2.05, 4.69) is 36.1 Å². The van der Waals surface area contributed by atoms with Gasteiger partial charge in [0.1, 0.15) is 0 Å². The fraction of sp³-hybridized carbons (Fsp3) is 1.00. The molecule has 0 spiro atoms. The standard InChI is InChI=1S/C13H31N3O2/c1-5-7-16(9-8-15(2)3)12-13(17)11-14-6-10-18-4/h13-14,17H,5-12H2,1-4H3. The minimum atomic E-state index is -0.310. The molecule has 1 unspecified atom stereocenters. The highest BCUT2D eigenvalue weighted by molar-refractivity contribution is 4.67. The van der Waals surface area contributed by atoms with E-state index in [1.807, 2.05) is 0 Å². The van der Waals surface area contributed by atoms with Gasteiger partial charge in [-0.3, -0.25) is 4.90 Å². The van der Waals surface area contributed by atoms with Crippen LogP contribution in [0.4, 0.5) is 0 Å². The number of ether oxygens (including phenoxy) is 1. The van der Waals surface area contributed by atoms with Gasteiger partial charge >= 0.3 is 0 Å². The van der Waals surface area contributed by atoms with Gasteiger partial charge in [-0.15, -0.1) is 0 Å². The Labute approximate surface area is 112 Å². The summed E-state index contributed by atoms with van der Waals surface area (Å²) < 4.78 is 4.95. The number of rotatable bonds is 12. The number of aliphatic hydroxyl groups is 1. The molecule has 0 aliphatic rings. The van der Waals surface area contributed by atoms with E-state index in [4.69, 9.17) is 4.74 Å². The first-order valence-corrected chi connectivity index (χ1v) is 6.85. The van der Waals surface area contributed by atoms with E-state index < -0.39 is 0 Å². The van der Waals surface area contributed by atoms with Crippen molar-refractivity contribution in [3.63, 3.8) is 0 Å². The van der Waals surface area contributed by atoms with Crippen LogP contribution in [0.1, 0.15) is 13.3 Å². The van der Waals surface area contributed by atoms with Gasteiger partial charge in [0.05, 0.1) is 12.7 Å². The maximum Gasteiger partial charge on any atom is 0.0791 e. The molecule has 0 bridgehead atoms. The van der Waals surface area contributed by atoms with Crippen LogP contribution in [0.2, 0.25) is 0 Å². The molecule has 0 saturated heterocycles. The molecule has 110 valence electrons. The first-order chi connectivity index (χ1) is 8.60. The van der Waals surface area contributed by atoms with Crippen LogP contribution in [0.5, 0.6) is 0 Å². The first-order valence-electron chi connectivity index (χ1n) is 6.85. The zero-order valence-electron chi connectivity index (χ0n) is 12.5. The van der Waals surface area contributed by atoms with Crippen molar-refractivity contribution < 1.29 is 9.84 Å². The Balaban J connectivity index is 3.76. The minimum absolute atomic E-state index is 0.310. The van der Waals surface area contributed by atoms with Crippen molar-refractivity contribution in [2.24, 2.45) is 0 Å². The Morgan fingerprint density at radius 2 is 1.94 bits per heavy atom. The van der Waals surface area contributed by atoms with Gasteiger partial charge in [-0.2, -0.15) is 0 Å². The van der Waals surface area contributed by atoms with Crippen LogP contribution in [0.3, 0.4) is 0 Å². The van der Waals surface area contributed by atoms with E-state index in [-0.39, 0.29) is 6.10 Å². The molecule has 0 aromatic rings. The maximum atomic E-state index is 9.95. The molecule has 5 nitrogen and oxygen atoms in total. The first kappa shape index (κ1) is 17.8. The number of nitrogens with zero attached hydrogens (tertiary/aromatic N) is 2. The number of hydrogen-bond acceptors (Lipinski definition) is 5. The highest BCUT2D eigenvalue weighted by Gasteiger charge is 2.10. The van der Waals surface area contributed by atoms with Crippen molar-refractivity contribution in [1.82, 2.24) is 15.1 Å². The Hall–Kier alpha value is -0.200. The largest absolute Gasteiger partial charge is 0.390 e. The zero-order valence-corrected chi connectivity index (χ0v) is 12.5. The molecule has 0 radical (unpaired) electrons. The van der Waals surface area contributed by atoms with Crippen molar-refractivity contribution in [2.75, 3.05) is 67.1 Å². The van der Waals surface area contributed by atoms with E-state index in [1.54, 1.807) is 7.11 Å². The fourth-order valence-electron chi connectivity index (χ4n) is 1.76. The van der Waals surface area contributed by atoms with Crippen LogP contribution < -0.4 is 5.32 Å². The number of likely N-dealkylation sites (N-methyl/N-ethyl adjacent to an activating group) is 1. The molecule has 2 N–H and O–H groups in total. The van der Waals surface area contributed by atoms with Crippen LogP contribution in [0.15, 0.2) is 0 Å². The maximum absolute atomic E-state index is 9.95. The highest BCUT2D eigenvalue weighted by Crippen LogP contribution is 1.95. The van der Waals surface area contributed by atoms with Crippen molar-refractivity contribution >= 4 is 0 Å². The van der Waals surface area contributed by atoms with Crippen molar-refractivity contribution in [3.05, 3.63) is 0 Å². The summed E-state index contributed by atoms with van der Waals surface area (Å²) in [6.07, 6.45) is 0.813. The Kier molecular flexibility index (Phi) is 11.7. The molecule has 0 amide bonds. The Bertz CT molecular complexity index is 180. The molecule has 0 fully saturated rings. The summed E-state index contributed by atoms with van der Waals surface area (Å²) >= 11 is 0. The third kappa shape index (κ3) is 10.9. The lowest BCUT2D eigenvalue weighted by molar-refractivity contribution is 0.104. The zero-order chi connectivity index (χ0) is 13.8. The van der Waals surface area contributed by atoms with Crippen LogP contribution in [-0.4, -0.2) is 88.1 Å². The Morgan fingerprint density at radius 3 is 2.50 bits per heavy atom. The molecular weight excluding hydrogens is 230 g/mol. The van der Waals surface area contributed by atoms with Gasteiger partial charge < -0.3 is 20.1 Å². The molecular formula is C13H31N3O2. The molecule has 0 heterocycles. The summed E-state index contributed by atoms with van der Waals surface area (Å²) in [5, 5.41) is 13.1. The molecule has 0 rings (SSSR count). The van der Waals surface area contributed by atoms with Crippen molar-refractivity contribution in [3.8, 4) is 0 Å². The van der Waals surface area contributed by atoms with Gasteiger partial charge in [-0.05, 0) is 27.1 Å². The third-order valence-corrected chi connectivity index (χ3v) is 2.74. The average molecular weight is 261 g/mol. The third-order valence-electron chi connectivity index (χ3n) is 2.74.